The van der Waals surface area contributed by atoms with E-state index >= 15 is 0 Å². The molecule has 2 heterocycles. The minimum absolute atomic E-state index is 0.830. The van der Waals surface area contributed by atoms with Crippen LogP contribution in [0.5, 0.6) is 11.5 Å². The molecule has 0 amide bonds. The van der Waals surface area contributed by atoms with Crippen molar-refractivity contribution in [1.82, 2.24) is 4.57 Å². The SMILES string of the molecule is c1ccc(-c2ccc3ccc4c(-n5c6ccccc6c6cc(-c7ccc8c(c7)Oc7c(ccc9ccccc79)N8c7cccc8ccccc78)ccc65)ccc5ccc2c3c54)cc1. The molecular weight excluding hydrogens is 765 g/mol. The van der Waals surface area contributed by atoms with Crippen molar-refractivity contribution in [2.24, 2.45) is 0 Å². The number of fused-ring (bicyclic) bond motifs is 8. The van der Waals surface area contributed by atoms with Gasteiger partial charge in [-0.25, -0.2) is 0 Å². The Kier molecular flexibility index (Phi) is 7.11. The van der Waals surface area contributed by atoms with E-state index in [0.29, 0.717) is 0 Å². The summed E-state index contributed by atoms with van der Waals surface area (Å²) < 4.78 is 9.48. The zero-order valence-electron chi connectivity index (χ0n) is 34.1. The fourth-order valence-corrected chi connectivity index (χ4v) is 10.6. The summed E-state index contributed by atoms with van der Waals surface area (Å²) in [5.74, 6) is 1.70. The lowest BCUT2D eigenvalue weighted by Gasteiger charge is -2.34. The molecule has 0 atom stereocenters. The van der Waals surface area contributed by atoms with E-state index in [4.69, 9.17) is 4.74 Å². The molecule has 0 spiro atoms. The van der Waals surface area contributed by atoms with Gasteiger partial charge in [-0.15, -0.1) is 0 Å². The topological polar surface area (TPSA) is 17.4 Å². The van der Waals surface area contributed by atoms with E-state index in [1.165, 1.54) is 81.7 Å². The summed E-state index contributed by atoms with van der Waals surface area (Å²) in [5, 5.41) is 14.8. The van der Waals surface area contributed by atoms with Crippen LogP contribution >= 0.6 is 0 Å². The van der Waals surface area contributed by atoms with Gasteiger partial charge in [0.25, 0.3) is 0 Å². The molecule has 3 heteroatoms. The van der Waals surface area contributed by atoms with E-state index < -0.39 is 0 Å². The smallest absolute Gasteiger partial charge is 0.159 e. The Labute approximate surface area is 363 Å². The Balaban J connectivity index is 0.946. The van der Waals surface area contributed by atoms with Gasteiger partial charge in [-0.05, 0) is 108 Å². The van der Waals surface area contributed by atoms with Crippen LogP contribution in [0.4, 0.5) is 17.1 Å². The van der Waals surface area contributed by atoms with Crippen molar-refractivity contribution in [3.63, 3.8) is 0 Å². The molecule has 3 nitrogen and oxygen atoms in total. The third kappa shape index (κ3) is 4.96. The first-order chi connectivity index (χ1) is 31.2. The summed E-state index contributed by atoms with van der Waals surface area (Å²) in [4.78, 5) is 2.38. The van der Waals surface area contributed by atoms with Gasteiger partial charge in [-0.2, -0.15) is 0 Å². The predicted molar refractivity (Wildman–Crippen MR) is 265 cm³/mol. The molecular formula is C60H36N2O. The largest absolute Gasteiger partial charge is 0.452 e. The van der Waals surface area contributed by atoms with Gasteiger partial charge in [0.15, 0.2) is 11.5 Å². The number of anilines is 3. The van der Waals surface area contributed by atoms with Crippen molar-refractivity contribution in [1.29, 1.82) is 0 Å². The van der Waals surface area contributed by atoms with Crippen LogP contribution in [0.25, 0.3) is 104 Å². The number of ether oxygens (including phenoxy) is 1. The molecule has 14 rings (SSSR count). The minimum atomic E-state index is 0.830. The normalized spacial score (nSPS) is 12.5. The van der Waals surface area contributed by atoms with Crippen LogP contribution in [-0.4, -0.2) is 4.57 Å². The van der Waals surface area contributed by atoms with E-state index in [0.717, 1.165) is 50.5 Å². The molecule has 13 aromatic rings. The van der Waals surface area contributed by atoms with Gasteiger partial charge in [0.05, 0.1) is 33.8 Å². The van der Waals surface area contributed by atoms with Gasteiger partial charge >= 0.3 is 0 Å². The highest BCUT2D eigenvalue weighted by molar-refractivity contribution is 6.27. The highest BCUT2D eigenvalue weighted by Crippen LogP contribution is 2.55. The molecule has 63 heavy (non-hydrogen) atoms. The van der Waals surface area contributed by atoms with Gasteiger partial charge in [0.2, 0.25) is 0 Å². The Bertz CT molecular complexity index is 4010. The Morgan fingerprint density at radius 3 is 1.78 bits per heavy atom. The van der Waals surface area contributed by atoms with Crippen molar-refractivity contribution in [3.05, 3.63) is 218 Å². The van der Waals surface area contributed by atoms with Crippen molar-refractivity contribution in [2.45, 2.75) is 0 Å². The molecule has 0 radical (unpaired) electrons. The van der Waals surface area contributed by atoms with Crippen molar-refractivity contribution in [3.8, 4) is 39.4 Å². The van der Waals surface area contributed by atoms with E-state index in [-0.39, 0.29) is 0 Å². The third-order valence-corrected chi connectivity index (χ3v) is 13.5. The summed E-state index contributed by atoms with van der Waals surface area (Å²) in [7, 11) is 0. The molecule has 0 unspecified atom stereocenters. The molecule has 292 valence electrons. The van der Waals surface area contributed by atoms with Crippen LogP contribution in [0.1, 0.15) is 0 Å². The lowest BCUT2D eigenvalue weighted by Crippen LogP contribution is -2.16. The monoisotopic (exact) mass is 800 g/mol. The second kappa shape index (κ2) is 13.1. The first kappa shape index (κ1) is 34.3. The van der Waals surface area contributed by atoms with Crippen LogP contribution in [0.15, 0.2) is 218 Å². The maximum absolute atomic E-state index is 7.01. The van der Waals surface area contributed by atoms with Crippen molar-refractivity contribution >= 4 is 92.7 Å². The molecule has 0 saturated heterocycles. The van der Waals surface area contributed by atoms with Gasteiger partial charge in [0, 0.05) is 26.9 Å². The van der Waals surface area contributed by atoms with Crippen molar-refractivity contribution < 1.29 is 4.74 Å². The van der Waals surface area contributed by atoms with Gasteiger partial charge < -0.3 is 14.2 Å². The number of hydrogen-bond acceptors (Lipinski definition) is 2. The lowest BCUT2D eigenvalue weighted by molar-refractivity contribution is 0.483. The summed E-state index contributed by atoms with van der Waals surface area (Å²) in [6.45, 7) is 0. The number of nitrogens with zero attached hydrogens (tertiary/aromatic N) is 2. The fraction of sp³-hybridized carbons (Fsp3) is 0. The summed E-state index contributed by atoms with van der Waals surface area (Å²) in [5.41, 5.74) is 11.5. The number of para-hydroxylation sites is 1. The predicted octanol–water partition coefficient (Wildman–Crippen LogP) is 16.9. The number of rotatable bonds is 4. The average molecular weight is 801 g/mol. The van der Waals surface area contributed by atoms with Crippen LogP contribution in [0.3, 0.4) is 0 Å². The maximum Gasteiger partial charge on any atom is 0.159 e. The van der Waals surface area contributed by atoms with Crippen LogP contribution in [0.2, 0.25) is 0 Å². The second-order valence-electron chi connectivity index (χ2n) is 16.8. The zero-order chi connectivity index (χ0) is 41.2. The number of aromatic nitrogens is 1. The molecule has 12 aromatic carbocycles. The standard InChI is InChI=1S/C60H36N2O/c1-2-11-37(12-3-1)44-28-21-40-23-30-49-53(31-25-41-22-29-48(44)58(40)59(41)49)61-52-19-9-8-18-47(52)50-35-42(26-32-54(50)61)43-27-33-55-57(36-43)63-60-46-17-7-5-14-39(46)24-34-56(60)62(55)51-20-10-15-38-13-4-6-16-45(38)51/h1-36H. The van der Waals surface area contributed by atoms with Gasteiger partial charge in [-0.1, -0.05) is 170 Å². The first-order valence-electron chi connectivity index (χ1n) is 21.7. The highest BCUT2D eigenvalue weighted by Gasteiger charge is 2.29. The molecule has 1 aromatic heterocycles. The zero-order valence-corrected chi connectivity index (χ0v) is 34.1. The molecule has 0 fully saturated rings. The van der Waals surface area contributed by atoms with E-state index in [1.807, 2.05) is 0 Å². The van der Waals surface area contributed by atoms with E-state index in [1.54, 1.807) is 0 Å². The van der Waals surface area contributed by atoms with E-state index in [9.17, 15) is 0 Å². The third-order valence-electron chi connectivity index (χ3n) is 13.5. The van der Waals surface area contributed by atoms with Crippen LogP contribution in [0, 0.1) is 0 Å². The molecule has 1 aliphatic heterocycles. The summed E-state index contributed by atoms with van der Waals surface area (Å²) in [6, 6.07) is 79.7. The molecule has 0 N–H and O–H groups in total. The van der Waals surface area contributed by atoms with Gasteiger partial charge in [0.1, 0.15) is 0 Å². The molecule has 0 aliphatic carbocycles. The number of hydrogen-bond donors (Lipinski definition) is 0. The second-order valence-corrected chi connectivity index (χ2v) is 16.8. The average Bonchev–Trinajstić information content (AvgIpc) is 3.68. The Hall–Kier alpha value is -8.40. The van der Waals surface area contributed by atoms with E-state index in [2.05, 4.69) is 228 Å². The summed E-state index contributed by atoms with van der Waals surface area (Å²) in [6.07, 6.45) is 0. The Morgan fingerprint density at radius 1 is 0.302 bits per heavy atom. The van der Waals surface area contributed by atoms with Crippen LogP contribution < -0.4 is 9.64 Å². The summed E-state index contributed by atoms with van der Waals surface area (Å²) >= 11 is 0. The first-order valence-corrected chi connectivity index (χ1v) is 21.7. The molecule has 0 saturated carbocycles. The molecule has 1 aliphatic rings. The maximum atomic E-state index is 7.01. The van der Waals surface area contributed by atoms with Crippen LogP contribution in [-0.2, 0) is 0 Å². The Morgan fingerprint density at radius 2 is 0.905 bits per heavy atom. The van der Waals surface area contributed by atoms with Gasteiger partial charge in [-0.3, -0.25) is 0 Å². The lowest BCUT2D eigenvalue weighted by atomic mass is 9.89. The quantitative estimate of drug-likeness (QED) is 0.165. The van der Waals surface area contributed by atoms with Crippen molar-refractivity contribution in [2.75, 3.05) is 4.90 Å². The highest BCUT2D eigenvalue weighted by atomic mass is 16.5. The number of benzene rings is 12. The molecule has 0 bridgehead atoms. The fourth-order valence-electron chi connectivity index (χ4n) is 10.6. The minimum Gasteiger partial charge on any atom is -0.452 e.